The summed E-state index contributed by atoms with van der Waals surface area (Å²) in [5, 5.41) is 0. The Balaban J connectivity index is 1.86. The number of rotatable bonds is 8. The van der Waals surface area contributed by atoms with Crippen molar-refractivity contribution in [1.29, 1.82) is 0 Å². The smallest absolute Gasteiger partial charge is 0.162 e. The Labute approximate surface area is 129 Å². The minimum absolute atomic E-state index is 0.0287. The third kappa shape index (κ3) is 3.98. The fourth-order valence-electron chi connectivity index (χ4n) is 2.61. The largest absolute Gasteiger partial charge is 0.380 e. The third-order valence-electron chi connectivity index (χ3n) is 4.92. The molecule has 0 aromatic heterocycles. The third-order valence-corrected chi connectivity index (χ3v) is 4.92. The SMILES string of the molecule is CCC1(COC(OCC2(CC)COC2)C(C)(C)C)COC1. The molecule has 0 amide bonds. The molecule has 0 atom stereocenters. The van der Waals surface area contributed by atoms with E-state index in [1.54, 1.807) is 0 Å². The van der Waals surface area contributed by atoms with Crippen LogP contribution < -0.4 is 0 Å². The molecule has 0 aromatic rings. The van der Waals surface area contributed by atoms with Gasteiger partial charge in [0.05, 0.1) is 39.6 Å². The van der Waals surface area contributed by atoms with Gasteiger partial charge in [-0.1, -0.05) is 34.6 Å². The second kappa shape index (κ2) is 6.53. The van der Waals surface area contributed by atoms with Crippen LogP contribution >= 0.6 is 0 Å². The maximum atomic E-state index is 6.17. The van der Waals surface area contributed by atoms with E-state index in [9.17, 15) is 0 Å². The van der Waals surface area contributed by atoms with E-state index in [2.05, 4.69) is 34.6 Å². The van der Waals surface area contributed by atoms with Crippen LogP contribution in [0.2, 0.25) is 0 Å². The molecule has 0 saturated carbocycles. The number of hydrogen-bond donors (Lipinski definition) is 0. The first-order valence-electron chi connectivity index (χ1n) is 8.23. The van der Waals surface area contributed by atoms with Crippen molar-refractivity contribution in [3.05, 3.63) is 0 Å². The summed E-state index contributed by atoms with van der Waals surface area (Å²) in [5.74, 6) is 0. The van der Waals surface area contributed by atoms with Crippen LogP contribution in [-0.2, 0) is 18.9 Å². The summed E-state index contributed by atoms with van der Waals surface area (Å²) in [6.45, 7) is 15.6. The van der Waals surface area contributed by atoms with E-state index in [1.165, 1.54) is 0 Å². The molecule has 21 heavy (non-hydrogen) atoms. The van der Waals surface area contributed by atoms with E-state index in [0.29, 0.717) is 0 Å². The molecule has 0 N–H and O–H groups in total. The normalized spacial score (nSPS) is 23.7. The molecule has 0 spiro atoms. The van der Waals surface area contributed by atoms with Crippen LogP contribution in [0.25, 0.3) is 0 Å². The van der Waals surface area contributed by atoms with Crippen molar-refractivity contribution < 1.29 is 18.9 Å². The van der Waals surface area contributed by atoms with Gasteiger partial charge < -0.3 is 18.9 Å². The first-order chi connectivity index (χ1) is 9.85. The Hall–Kier alpha value is -0.160. The van der Waals surface area contributed by atoms with Gasteiger partial charge in [0.25, 0.3) is 0 Å². The lowest BCUT2D eigenvalue weighted by Gasteiger charge is -2.44. The number of hydrogen-bond acceptors (Lipinski definition) is 4. The topological polar surface area (TPSA) is 36.9 Å². The highest BCUT2D eigenvalue weighted by Crippen LogP contribution is 2.36. The standard InChI is InChI=1S/C17H32O4/c1-6-16(8-18-9-16)12-20-14(15(3,4)5)21-13-17(7-2)10-19-11-17/h14H,6-13H2,1-5H3. The maximum Gasteiger partial charge on any atom is 0.162 e. The summed E-state index contributed by atoms with van der Waals surface area (Å²) in [6.07, 6.45) is 2.01. The van der Waals surface area contributed by atoms with Crippen LogP contribution in [0, 0.1) is 16.2 Å². The van der Waals surface area contributed by atoms with E-state index < -0.39 is 0 Å². The minimum Gasteiger partial charge on any atom is -0.380 e. The first-order valence-corrected chi connectivity index (χ1v) is 8.23. The van der Waals surface area contributed by atoms with E-state index in [0.717, 1.165) is 52.5 Å². The molecular weight excluding hydrogens is 268 g/mol. The van der Waals surface area contributed by atoms with E-state index >= 15 is 0 Å². The van der Waals surface area contributed by atoms with Crippen molar-refractivity contribution in [2.24, 2.45) is 16.2 Å². The highest BCUT2D eigenvalue weighted by Gasteiger charge is 2.41. The van der Waals surface area contributed by atoms with Gasteiger partial charge in [0.1, 0.15) is 0 Å². The van der Waals surface area contributed by atoms with Crippen LogP contribution in [0.15, 0.2) is 0 Å². The van der Waals surface area contributed by atoms with Crippen molar-refractivity contribution in [2.75, 3.05) is 39.6 Å². The minimum atomic E-state index is -0.175. The van der Waals surface area contributed by atoms with Crippen LogP contribution in [0.5, 0.6) is 0 Å². The highest BCUT2D eigenvalue weighted by molar-refractivity contribution is 4.86. The van der Waals surface area contributed by atoms with Gasteiger partial charge in [-0.05, 0) is 12.8 Å². The molecule has 4 nitrogen and oxygen atoms in total. The van der Waals surface area contributed by atoms with Gasteiger partial charge in [-0.3, -0.25) is 0 Å². The van der Waals surface area contributed by atoms with Gasteiger partial charge in [-0.15, -0.1) is 0 Å². The molecule has 2 saturated heterocycles. The zero-order valence-electron chi connectivity index (χ0n) is 14.4. The van der Waals surface area contributed by atoms with Crippen LogP contribution in [0.3, 0.4) is 0 Å². The second-order valence-corrected chi connectivity index (χ2v) is 8.01. The number of ether oxygens (including phenoxy) is 4. The Bertz CT molecular complexity index is 289. The summed E-state index contributed by atoms with van der Waals surface area (Å²) in [6, 6.07) is 0. The molecule has 0 bridgehead atoms. The van der Waals surface area contributed by atoms with Crippen molar-refractivity contribution >= 4 is 0 Å². The van der Waals surface area contributed by atoms with Crippen LogP contribution in [0.1, 0.15) is 47.5 Å². The van der Waals surface area contributed by atoms with Gasteiger partial charge in [0.15, 0.2) is 6.29 Å². The fraction of sp³-hybridized carbons (Fsp3) is 1.00. The average molecular weight is 300 g/mol. The van der Waals surface area contributed by atoms with Crippen molar-refractivity contribution in [2.45, 2.75) is 53.8 Å². The lowest BCUT2D eigenvalue weighted by molar-refractivity contribution is -0.261. The predicted octanol–water partition coefficient (Wildman–Crippen LogP) is 3.25. The Kier molecular flexibility index (Phi) is 5.35. The lowest BCUT2D eigenvalue weighted by Crippen LogP contribution is -2.50. The van der Waals surface area contributed by atoms with Crippen molar-refractivity contribution in [1.82, 2.24) is 0 Å². The summed E-state index contributed by atoms with van der Waals surface area (Å²) in [4.78, 5) is 0. The molecule has 4 heteroatoms. The van der Waals surface area contributed by atoms with Crippen molar-refractivity contribution in [3.8, 4) is 0 Å². The lowest BCUT2D eigenvalue weighted by atomic mass is 9.83. The van der Waals surface area contributed by atoms with E-state index in [4.69, 9.17) is 18.9 Å². The molecule has 2 aliphatic rings. The molecule has 2 aliphatic heterocycles. The average Bonchev–Trinajstić information content (AvgIpc) is 2.33. The zero-order chi connectivity index (χ0) is 15.6. The highest BCUT2D eigenvalue weighted by atomic mass is 16.7. The Morgan fingerprint density at radius 1 is 0.857 bits per heavy atom. The van der Waals surface area contributed by atoms with E-state index in [-0.39, 0.29) is 22.5 Å². The van der Waals surface area contributed by atoms with Gasteiger partial charge in [0.2, 0.25) is 0 Å². The predicted molar refractivity (Wildman–Crippen MR) is 82.2 cm³/mol. The first kappa shape index (κ1) is 17.2. The van der Waals surface area contributed by atoms with Crippen molar-refractivity contribution in [3.63, 3.8) is 0 Å². The molecule has 2 heterocycles. The van der Waals surface area contributed by atoms with Gasteiger partial charge in [0, 0.05) is 16.2 Å². The van der Waals surface area contributed by atoms with Gasteiger partial charge in [-0.25, -0.2) is 0 Å². The van der Waals surface area contributed by atoms with E-state index in [1.807, 2.05) is 0 Å². The quantitative estimate of drug-likeness (QED) is 0.645. The molecule has 2 rings (SSSR count). The Morgan fingerprint density at radius 2 is 1.24 bits per heavy atom. The van der Waals surface area contributed by atoms with Gasteiger partial charge >= 0.3 is 0 Å². The second-order valence-electron chi connectivity index (χ2n) is 8.01. The summed E-state index contributed by atoms with van der Waals surface area (Å²) in [5.41, 5.74) is 0.378. The Morgan fingerprint density at radius 3 is 1.43 bits per heavy atom. The zero-order valence-corrected chi connectivity index (χ0v) is 14.4. The molecule has 0 aromatic carbocycles. The molecule has 0 aliphatic carbocycles. The van der Waals surface area contributed by atoms with Crippen LogP contribution in [-0.4, -0.2) is 45.9 Å². The molecular formula is C17H32O4. The monoisotopic (exact) mass is 300 g/mol. The summed E-state index contributed by atoms with van der Waals surface area (Å²) >= 11 is 0. The molecule has 0 radical (unpaired) electrons. The summed E-state index contributed by atoms with van der Waals surface area (Å²) < 4.78 is 23.1. The fourth-order valence-corrected chi connectivity index (χ4v) is 2.61. The van der Waals surface area contributed by atoms with Crippen LogP contribution in [0.4, 0.5) is 0 Å². The summed E-state index contributed by atoms with van der Waals surface area (Å²) in [7, 11) is 0. The maximum absolute atomic E-state index is 6.17. The molecule has 2 fully saturated rings. The molecule has 124 valence electrons. The van der Waals surface area contributed by atoms with Gasteiger partial charge in [-0.2, -0.15) is 0 Å². The molecule has 0 unspecified atom stereocenters.